The smallest absolute Gasteiger partial charge is 0.0494 e. The molecule has 0 aromatic carbocycles. The monoisotopic (exact) mass is 265 g/mol. The van der Waals surface area contributed by atoms with E-state index >= 15 is 0 Å². The van der Waals surface area contributed by atoms with Crippen LogP contribution < -0.4 is 5.32 Å². The molecule has 3 atom stereocenters. The lowest BCUT2D eigenvalue weighted by Crippen LogP contribution is -2.50. The molecule has 0 aliphatic heterocycles. The molecule has 110 valence electrons. The van der Waals surface area contributed by atoms with E-state index in [-0.39, 0.29) is 0 Å². The van der Waals surface area contributed by atoms with Gasteiger partial charge in [-0.15, -0.1) is 0 Å². The Morgan fingerprint density at radius 3 is 2.58 bits per heavy atom. The van der Waals surface area contributed by atoms with Gasteiger partial charge in [0.05, 0.1) is 0 Å². The zero-order valence-electron chi connectivity index (χ0n) is 13.0. The quantitative estimate of drug-likeness (QED) is 0.710. The molecule has 3 aliphatic carbocycles. The summed E-state index contributed by atoms with van der Waals surface area (Å²) in [5, 5.41) is 3.87. The summed E-state index contributed by atoms with van der Waals surface area (Å²) in [6.45, 7) is 10.5. The summed E-state index contributed by atoms with van der Waals surface area (Å²) in [4.78, 5) is 0. The molecule has 3 saturated carbocycles. The molecule has 1 unspecified atom stereocenters. The minimum Gasteiger partial charge on any atom is -0.381 e. The van der Waals surface area contributed by atoms with E-state index in [2.05, 4.69) is 26.1 Å². The first-order valence-electron chi connectivity index (χ1n) is 8.33. The van der Waals surface area contributed by atoms with Crippen LogP contribution in [0, 0.1) is 22.7 Å². The Morgan fingerprint density at radius 2 is 1.95 bits per heavy atom. The van der Waals surface area contributed by atoms with Crippen molar-refractivity contribution >= 4 is 0 Å². The zero-order chi connectivity index (χ0) is 13.5. The normalized spacial score (nSPS) is 39.9. The zero-order valence-corrected chi connectivity index (χ0v) is 13.0. The molecule has 3 fully saturated rings. The molecule has 3 rings (SSSR count). The van der Waals surface area contributed by atoms with Crippen molar-refractivity contribution in [2.45, 2.75) is 65.3 Å². The average Bonchev–Trinajstić information content (AvgIpc) is 3.04. The fourth-order valence-electron chi connectivity index (χ4n) is 4.77. The van der Waals surface area contributed by atoms with Crippen LogP contribution in [0.1, 0.15) is 59.3 Å². The van der Waals surface area contributed by atoms with E-state index in [1.165, 1.54) is 38.5 Å². The van der Waals surface area contributed by atoms with Crippen LogP contribution in [0.4, 0.5) is 0 Å². The van der Waals surface area contributed by atoms with E-state index in [0.29, 0.717) is 16.9 Å². The summed E-state index contributed by atoms with van der Waals surface area (Å²) in [5.74, 6) is 1.84. The maximum atomic E-state index is 5.72. The molecule has 0 spiro atoms. The number of ether oxygens (including phenoxy) is 1. The van der Waals surface area contributed by atoms with Gasteiger partial charge in [-0.3, -0.25) is 0 Å². The highest BCUT2D eigenvalue weighted by Gasteiger charge is 2.58. The Bertz CT molecular complexity index is 318. The lowest BCUT2D eigenvalue weighted by atomic mass is 9.68. The van der Waals surface area contributed by atoms with Crippen molar-refractivity contribution in [1.29, 1.82) is 0 Å². The van der Waals surface area contributed by atoms with Crippen LogP contribution in [0.2, 0.25) is 0 Å². The maximum absolute atomic E-state index is 5.72. The topological polar surface area (TPSA) is 21.3 Å². The van der Waals surface area contributed by atoms with E-state index in [1.54, 1.807) is 0 Å². The van der Waals surface area contributed by atoms with Crippen LogP contribution in [-0.2, 0) is 4.74 Å². The first kappa shape index (κ1) is 13.9. The first-order chi connectivity index (χ1) is 9.02. The second-order valence-corrected chi connectivity index (χ2v) is 8.17. The van der Waals surface area contributed by atoms with Gasteiger partial charge in [0.1, 0.15) is 0 Å². The van der Waals surface area contributed by atoms with E-state index in [9.17, 15) is 0 Å². The fraction of sp³-hybridized carbons (Fsp3) is 1.00. The van der Waals surface area contributed by atoms with Gasteiger partial charge in [-0.1, -0.05) is 20.8 Å². The second-order valence-electron chi connectivity index (χ2n) is 8.17. The minimum atomic E-state index is 0.488. The van der Waals surface area contributed by atoms with E-state index in [1.807, 2.05) is 0 Å². The molecule has 2 heteroatoms. The molecule has 0 aromatic heterocycles. The van der Waals surface area contributed by atoms with Crippen molar-refractivity contribution < 1.29 is 4.74 Å². The molecule has 1 N–H and O–H groups in total. The van der Waals surface area contributed by atoms with Crippen LogP contribution in [0.5, 0.6) is 0 Å². The molecule has 0 radical (unpaired) electrons. The largest absolute Gasteiger partial charge is 0.381 e. The maximum Gasteiger partial charge on any atom is 0.0494 e. The third-order valence-corrected chi connectivity index (χ3v) is 6.13. The predicted molar refractivity (Wildman–Crippen MR) is 79.2 cm³/mol. The molecule has 2 bridgehead atoms. The van der Waals surface area contributed by atoms with Crippen molar-refractivity contribution in [2.24, 2.45) is 22.7 Å². The third-order valence-electron chi connectivity index (χ3n) is 6.13. The molecule has 0 saturated heterocycles. The number of nitrogens with one attached hydrogen (secondary N) is 1. The van der Waals surface area contributed by atoms with Crippen LogP contribution >= 0.6 is 0 Å². The standard InChI is InChI=1S/C17H31NO/c1-16(2)14-7-8-17(3,11-14)15(16)18-9-4-10-19-12-13-5-6-13/h13-15,18H,4-12H2,1-3H3/t14-,15?,17+/m0/s1. The summed E-state index contributed by atoms with van der Waals surface area (Å²) in [7, 11) is 0. The highest BCUT2D eigenvalue weighted by Crippen LogP contribution is 2.62. The summed E-state index contributed by atoms with van der Waals surface area (Å²) in [6, 6.07) is 0.710. The first-order valence-corrected chi connectivity index (χ1v) is 8.33. The Labute approximate surface area is 118 Å². The Hall–Kier alpha value is -0.0800. The summed E-state index contributed by atoms with van der Waals surface area (Å²) in [5.41, 5.74) is 1.05. The molecular weight excluding hydrogens is 234 g/mol. The van der Waals surface area contributed by atoms with E-state index in [4.69, 9.17) is 4.74 Å². The molecule has 3 aliphatic rings. The number of hydrogen-bond acceptors (Lipinski definition) is 2. The van der Waals surface area contributed by atoms with Gasteiger partial charge < -0.3 is 10.1 Å². The summed E-state index contributed by atoms with van der Waals surface area (Å²) in [6.07, 6.45) is 8.28. The molecule has 19 heavy (non-hydrogen) atoms. The average molecular weight is 265 g/mol. The van der Waals surface area contributed by atoms with E-state index < -0.39 is 0 Å². The van der Waals surface area contributed by atoms with Gasteiger partial charge in [-0.25, -0.2) is 0 Å². The Kier molecular flexibility index (Phi) is 3.68. The molecule has 0 heterocycles. The van der Waals surface area contributed by atoms with Gasteiger partial charge in [0.15, 0.2) is 0 Å². The van der Waals surface area contributed by atoms with Gasteiger partial charge >= 0.3 is 0 Å². The van der Waals surface area contributed by atoms with E-state index in [0.717, 1.165) is 31.6 Å². The van der Waals surface area contributed by atoms with Gasteiger partial charge in [0, 0.05) is 19.3 Å². The summed E-state index contributed by atoms with van der Waals surface area (Å²) < 4.78 is 5.72. The van der Waals surface area contributed by atoms with Crippen molar-refractivity contribution in [1.82, 2.24) is 5.32 Å². The van der Waals surface area contributed by atoms with Crippen molar-refractivity contribution in [3.8, 4) is 0 Å². The van der Waals surface area contributed by atoms with Crippen LogP contribution in [0.3, 0.4) is 0 Å². The Balaban J connectivity index is 1.39. The highest BCUT2D eigenvalue weighted by molar-refractivity contribution is 5.11. The van der Waals surface area contributed by atoms with Crippen molar-refractivity contribution in [3.05, 3.63) is 0 Å². The predicted octanol–water partition coefficient (Wildman–Crippen LogP) is 3.61. The lowest BCUT2D eigenvalue weighted by Gasteiger charge is -2.43. The molecule has 2 nitrogen and oxygen atoms in total. The van der Waals surface area contributed by atoms with Crippen LogP contribution in [0.15, 0.2) is 0 Å². The van der Waals surface area contributed by atoms with Crippen LogP contribution in [0.25, 0.3) is 0 Å². The van der Waals surface area contributed by atoms with Crippen LogP contribution in [-0.4, -0.2) is 25.8 Å². The van der Waals surface area contributed by atoms with Gasteiger partial charge in [-0.05, 0) is 67.7 Å². The minimum absolute atomic E-state index is 0.488. The molecular formula is C17H31NO. The number of fused-ring (bicyclic) bond motifs is 2. The highest BCUT2D eigenvalue weighted by atomic mass is 16.5. The molecule has 0 amide bonds. The lowest BCUT2D eigenvalue weighted by molar-refractivity contribution is 0.0967. The van der Waals surface area contributed by atoms with Gasteiger partial charge in [0.2, 0.25) is 0 Å². The van der Waals surface area contributed by atoms with Gasteiger partial charge in [-0.2, -0.15) is 0 Å². The second kappa shape index (κ2) is 5.04. The van der Waals surface area contributed by atoms with Crippen molar-refractivity contribution in [2.75, 3.05) is 19.8 Å². The number of rotatable bonds is 7. The number of hydrogen-bond donors (Lipinski definition) is 1. The van der Waals surface area contributed by atoms with Gasteiger partial charge in [0.25, 0.3) is 0 Å². The van der Waals surface area contributed by atoms with Crippen molar-refractivity contribution in [3.63, 3.8) is 0 Å². The summed E-state index contributed by atoms with van der Waals surface area (Å²) >= 11 is 0. The SMILES string of the molecule is CC1(C)C(NCCCOCC2CC2)[C@]2(C)CC[C@H]1C2. The third kappa shape index (κ3) is 2.71. The Morgan fingerprint density at radius 1 is 1.16 bits per heavy atom. The molecule has 0 aromatic rings. The fourth-order valence-corrected chi connectivity index (χ4v) is 4.77.